The van der Waals surface area contributed by atoms with Crippen LogP contribution < -0.4 is 4.90 Å². The largest absolute Gasteiger partial charge is 0.382 e. The summed E-state index contributed by atoms with van der Waals surface area (Å²) in [6.45, 7) is 0.502. The van der Waals surface area contributed by atoms with E-state index in [-0.39, 0.29) is 11.9 Å². The van der Waals surface area contributed by atoms with E-state index in [0.29, 0.717) is 6.61 Å². The standard InChI is InChI=1S/C12H14FN3OS/c1-16(12-14-8-15-18-12)11(7-17-2)9-3-5-10(13)6-4-9/h3-6,8,11H,7H2,1-2H3. The minimum Gasteiger partial charge on any atom is -0.382 e. The Labute approximate surface area is 109 Å². The summed E-state index contributed by atoms with van der Waals surface area (Å²) in [5.74, 6) is -0.242. The second-order valence-electron chi connectivity index (χ2n) is 3.86. The number of rotatable bonds is 5. The molecule has 0 aliphatic carbocycles. The smallest absolute Gasteiger partial charge is 0.205 e. The van der Waals surface area contributed by atoms with Crippen molar-refractivity contribution in [3.63, 3.8) is 0 Å². The molecule has 0 amide bonds. The van der Waals surface area contributed by atoms with Gasteiger partial charge < -0.3 is 9.64 Å². The Kier molecular flexibility index (Phi) is 4.22. The number of likely N-dealkylation sites (N-methyl/N-ethyl adjacent to an activating group) is 1. The lowest BCUT2D eigenvalue weighted by Gasteiger charge is -2.27. The summed E-state index contributed by atoms with van der Waals surface area (Å²) in [6, 6.07) is 6.41. The molecule has 0 saturated heterocycles. The van der Waals surface area contributed by atoms with Gasteiger partial charge in [-0.15, -0.1) is 0 Å². The SMILES string of the molecule is COCC(c1ccc(F)cc1)N(C)c1ncns1. The molecule has 0 N–H and O–H groups in total. The number of aromatic nitrogens is 2. The fourth-order valence-corrected chi connectivity index (χ4v) is 2.27. The Balaban J connectivity index is 2.25. The molecule has 18 heavy (non-hydrogen) atoms. The van der Waals surface area contributed by atoms with Gasteiger partial charge in [-0.2, -0.15) is 4.37 Å². The van der Waals surface area contributed by atoms with E-state index in [1.807, 2.05) is 11.9 Å². The second-order valence-corrected chi connectivity index (χ2v) is 4.62. The zero-order valence-corrected chi connectivity index (χ0v) is 11.0. The van der Waals surface area contributed by atoms with Crippen LogP contribution in [0.5, 0.6) is 0 Å². The van der Waals surface area contributed by atoms with Crippen LogP contribution in [0.4, 0.5) is 9.52 Å². The molecular formula is C12H14FN3OS. The Hall–Kier alpha value is -1.53. The third-order valence-electron chi connectivity index (χ3n) is 2.70. The van der Waals surface area contributed by atoms with E-state index in [1.165, 1.54) is 30.0 Å². The molecule has 0 bridgehead atoms. The summed E-state index contributed by atoms with van der Waals surface area (Å²) >= 11 is 1.32. The first kappa shape index (κ1) is 12.9. The molecule has 1 aromatic carbocycles. The van der Waals surface area contributed by atoms with Gasteiger partial charge in [0.25, 0.3) is 0 Å². The Bertz CT molecular complexity index is 475. The van der Waals surface area contributed by atoms with Gasteiger partial charge in [-0.1, -0.05) is 12.1 Å². The van der Waals surface area contributed by atoms with Crippen molar-refractivity contribution < 1.29 is 9.13 Å². The van der Waals surface area contributed by atoms with Crippen molar-refractivity contribution >= 4 is 16.7 Å². The molecule has 96 valence electrons. The van der Waals surface area contributed by atoms with Gasteiger partial charge in [-0.05, 0) is 17.7 Å². The van der Waals surface area contributed by atoms with Crippen molar-refractivity contribution in [2.24, 2.45) is 0 Å². The average Bonchev–Trinajstić information content (AvgIpc) is 2.90. The molecule has 6 heteroatoms. The summed E-state index contributed by atoms with van der Waals surface area (Å²) < 4.78 is 22.2. The zero-order valence-electron chi connectivity index (χ0n) is 10.2. The molecular weight excluding hydrogens is 253 g/mol. The molecule has 4 nitrogen and oxygen atoms in total. The van der Waals surface area contributed by atoms with Crippen molar-refractivity contribution in [3.8, 4) is 0 Å². The summed E-state index contributed by atoms with van der Waals surface area (Å²) in [6.07, 6.45) is 1.52. The molecule has 1 atom stereocenters. The molecule has 1 heterocycles. The molecule has 2 aromatic rings. The summed E-state index contributed by atoms with van der Waals surface area (Å²) in [5, 5.41) is 0.807. The van der Waals surface area contributed by atoms with Crippen molar-refractivity contribution in [3.05, 3.63) is 42.0 Å². The van der Waals surface area contributed by atoms with Crippen LogP contribution in [0.1, 0.15) is 11.6 Å². The van der Waals surface area contributed by atoms with Gasteiger partial charge in [0.15, 0.2) is 0 Å². The van der Waals surface area contributed by atoms with Crippen LogP contribution in [0, 0.1) is 5.82 Å². The van der Waals surface area contributed by atoms with Crippen LogP contribution in [0.3, 0.4) is 0 Å². The molecule has 1 unspecified atom stereocenters. The van der Waals surface area contributed by atoms with E-state index in [0.717, 1.165) is 10.7 Å². The van der Waals surface area contributed by atoms with E-state index in [4.69, 9.17) is 4.74 Å². The molecule has 1 aromatic heterocycles. The first-order valence-electron chi connectivity index (χ1n) is 5.46. The first-order chi connectivity index (χ1) is 8.72. The van der Waals surface area contributed by atoms with Crippen molar-refractivity contribution in [1.82, 2.24) is 9.36 Å². The predicted molar refractivity (Wildman–Crippen MR) is 69.3 cm³/mol. The van der Waals surface area contributed by atoms with Gasteiger partial charge in [0, 0.05) is 25.7 Å². The van der Waals surface area contributed by atoms with Gasteiger partial charge in [0.1, 0.15) is 12.1 Å². The van der Waals surface area contributed by atoms with Gasteiger partial charge in [0.2, 0.25) is 5.13 Å². The number of nitrogens with zero attached hydrogens (tertiary/aromatic N) is 3. The van der Waals surface area contributed by atoms with Gasteiger partial charge in [0.05, 0.1) is 12.6 Å². The van der Waals surface area contributed by atoms with Gasteiger partial charge in [-0.3, -0.25) is 0 Å². The summed E-state index contributed by atoms with van der Waals surface area (Å²) in [7, 11) is 3.57. The van der Waals surface area contributed by atoms with E-state index in [1.54, 1.807) is 19.2 Å². The van der Waals surface area contributed by atoms with Crippen LogP contribution in [-0.2, 0) is 4.74 Å². The summed E-state index contributed by atoms with van der Waals surface area (Å²) in [5.41, 5.74) is 0.982. The summed E-state index contributed by atoms with van der Waals surface area (Å²) in [4.78, 5) is 6.15. The van der Waals surface area contributed by atoms with E-state index in [9.17, 15) is 4.39 Å². The topological polar surface area (TPSA) is 38.2 Å². The molecule has 0 spiro atoms. The number of benzene rings is 1. The maximum Gasteiger partial charge on any atom is 0.205 e. The number of hydrogen-bond donors (Lipinski definition) is 0. The molecule has 2 rings (SSSR count). The Morgan fingerprint density at radius 1 is 1.39 bits per heavy atom. The quantitative estimate of drug-likeness (QED) is 0.834. The Morgan fingerprint density at radius 3 is 2.67 bits per heavy atom. The van der Waals surface area contributed by atoms with Crippen LogP contribution in [-0.4, -0.2) is 30.1 Å². The monoisotopic (exact) mass is 267 g/mol. The normalized spacial score (nSPS) is 12.4. The second kappa shape index (κ2) is 5.88. The highest BCUT2D eigenvalue weighted by Crippen LogP contribution is 2.26. The molecule has 0 saturated carbocycles. The highest BCUT2D eigenvalue weighted by molar-refractivity contribution is 7.09. The predicted octanol–water partition coefficient (Wildman–Crippen LogP) is 2.50. The third kappa shape index (κ3) is 2.83. The fraction of sp³-hybridized carbons (Fsp3) is 0.333. The van der Waals surface area contributed by atoms with Crippen LogP contribution in [0.2, 0.25) is 0 Å². The lowest BCUT2D eigenvalue weighted by Crippen LogP contribution is -2.27. The Morgan fingerprint density at radius 2 is 2.11 bits per heavy atom. The maximum atomic E-state index is 12.9. The number of ether oxygens (including phenoxy) is 1. The lowest BCUT2D eigenvalue weighted by molar-refractivity contribution is 0.179. The molecule has 0 fully saturated rings. The van der Waals surface area contributed by atoms with Crippen molar-refractivity contribution in [2.75, 3.05) is 25.7 Å². The van der Waals surface area contributed by atoms with Gasteiger partial charge >= 0.3 is 0 Å². The van der Waals surface area contributed by atoms with Crippen LogP contribution in [0.15, 0.2) is 30.6 Å². The maximum absolute atomic E-state index is 12.9. The van der Waals surface area contributed by atoms with Crippen LogP contribution >= 0.6 is 11.5 Å². The minimum absolute atomic E-state index is 0.0106. The highest BCUT2D eigenvalue weighted by atomic mass is 32.1. The van der Waals surface area contributed by atoms with Crippen LogP contribution in [0.25, 0.3) is 0 Å². The number of methoxy groups -OCH3 is 1. The number of hydrogen-bond acceptors (Lipinski definition) is 5. The average molecular weight is 267 g/mol. The molecule has 0 radical (unpaired) electrons. The van der Waals surface area contributed by atoms with Crippen molar-refractivity contribution in [2.45, 2.75) is 6.04 Å². The van der Waals surface area contributed by atoms with E-state index in [2.05, 4.69) is 9.36 Å². The number of anilines is 1. The van der Waals surface area contributed by atoms with Gasteiger partial charge in [-0.25, -0.2) is 9.37 Å². The minimum atomic E-state index is -0.242. The number of halogens is 1. The van der Waals surface area contributed by atoms with E-state index >= 15 is 0 Å². The van der Waals surface area contributed by atoms with E-state index < -0.39 is 0 Å². The first-order valence-corrected chi connectivity index (χ1v) is 6.23. The highest BCUT2D eigenvalue weighted by Gasteiger charge is 2.19. The lowest BCUT2D eigenvalue weighted by atomic mass is 10.1. The zero-order chi connectivity index (χ0) is 13.0. The molecule has 0 aliphatic heterocycles. The third-order valence-corrected chi connectivity index (χ3v) is 3.45. The molecule has 0 aliphatic rings. The van der Waals surface area contributed by atoms with Crippen molar-refractivity contribution in [1.29, 1.82) is 0 Å². The fourth-order valence-electron chi connectivity index (χ4n) is 1.73.